The van der Waals surface area contributed by atoms with Crippen LogP contribution in [0, 0.1) is 5.41 Å². The highest BCUT2D eigenvalue weighted by atomic mass is 35.5. The van der Waals surface area contributed by atoms with E-state index in [-0.39, 0.29) is 11.3 Å². The summed E-state index contributed by atoms with van der Waals surface area (Å²) < 4.78 is 0. The summed E-state index contributed by atoms with van der Waals surface area (Å²) in [6.45, 7) is 6.45. The van der Waals surface area contributed by atoms with Crippen molar-refractivity contribution in [3.63, 3.8) is 0 Å². The summed E-state index contributed by atoms with van der Waals surface area (Å²) in [5.74, 6) is -0.100. The topological polar surface area (TPSA) is 55.1 Å². The number of carbonyl (C=O) groups excluding carboxylic acids is 1. The van der Waals surface area contributed by atoms with Crippen molar-refractivity contribution in [1.29, 1.82) is 0 Å². The van der Waals surface area contributed by atoms with Crippen LogP contribution in [0.2, 0.25) is 5.02 Å². The largest absolute Gasteiger partial charge is 0.354 e. The number of benzene rings is 1. The molecule has 1 aromatic rings. The van der Waals surface area contributed by atoms with E-state index < -0.39 is 6.04 Å². The fraction of sp³-hybridized carbons (Fsp3) is 0.500. The summed E-state index contributed by atoms with van der Waals surface area (Å²) in [5.41, 5.74) is 6.79. The minimum Gasteiger partial charge on any atom is -0.354 e. The van der Waals surface area contributed by atoms with Gasteiger partial charge in [0, 0.05) is 11.6 Å². The molecule has 0 radical (unpaired) electrons. The molecule has 3 N–H and O–H groups in total. The first-order chi connectivity index (χ1) is 8.30. The minimum absolute atomic E-state index is 0.100. The summed E-state index contributed by atoms with van der Waals surface area (Å²) >= 11 is 5.80. The number of halogens is 1. The first-order valence-electron chi connectivity index (χ1n) is 6.08. The second kappa shape index (κ2) is 6.21. The zero-order valence-corrected chi connectivity index (χ0v) is 11.9. The Kier molecular flexibility index (Phi) is 5.17. The number of hydrogen-bond acceptors (Lipinski definition) is 2. The Balaban J connectivity index is 2.38. The van der Waals surface area contributed by atoms with Crippen molar-refractivity contribution < 1.29 is 4.79 Å². The van der Waals surface area contributed by atoms with E-state index in [2.05, 4.69) is 5.32 Å². The highest BCUT2D eigenvalue weighted by molar-refractivity contribution is 6.30. The number of nitrogens with one attached hydrogen (secondary N) is 1. The molecule has 100 valence electrons. The molecule has 0 aliphatic rings. The van der Waals surface area contributed by atoms with Crippen LogP contribution in [0.3, 0.4) is 0 Å². The molecule has 0 saturated carbocycles. The molecule has 0 aliphatic heterocycles. The molecule has 1 rings (SSSR count). The van der Waals surface area contributed by atoms with Crippen LogP contribution < -0.4 is 11.1 Å². The Labute approximate surface area is 114 Å². The molecule has 0 bridgehead atoms. The van der Waals surface area contributed by atoms with E-state index in [9.17, 15) is 4.79 Å². The van der Waals surface area contributed by atoms with Gasteiger partial charge in [0.2, 0.25) is 5.91 Å². The van der Waals surface area contributed by atoms with Crippen molar-refractivity contribution in [3.05, 3.63) is 34.9 Å². The maximum absolute atomic E-state index is 11.8. The van der Waals surface area contributed by atoms with Gasteiger partial charge in [0.15, 0.2) is 0 Å². The van der Waals surface area contributed by atoms with E-state index in [1.807, 2.05) is 45.0 Å². The number of carbonyl (C=O) groups is 1. The van der Waals surface area contributed by atoms with Crippen LogP contribution in [0.4, 0.5) is 0 Å². The normalized spacial score (nSPS) is 13.2. The summed E-state index contributed by atoms with van der Waals surface area (Å²) in [7, 11) is 0. The van der Waals surface area contributed by atoms with Crippen LogP contribution in [0.5, 0.6) is 0 Å². The van der Waals surface area contributed by atoms with Crippen LogP contribution in [-0.2, 0) is 11.2 Å². The van der Waals surface area contributed by atoms with E-state index in [0.29, 0.717) is 6.54 Å². The Morgan fingerprint density at radius 1 is 1.33 bits per heavy atom. The van der Waals surface area contributed by atoms with E-state index >= 15 is 0 Å². The minimum atomic E-state index is -0.484. The number of amides is 1. The summed E-state index contributed by atoms with van der Waals surface area (Å²) in [5, 5.41) is 3.58. The monoisotopic (exact) mass is 268 g/mol. The molecule has 0 spiro atoms. The molecule has 0 fully saturated rings. The summed E-state index contributed by atoms with van der Waals surface area (Å²) in [4.78, 5) is 11.8. The third kappa shape index (κ3) is 4.67. The van der Waals surface area contributed by atoms with Crippen LogP contribution in [0.15, 0.2) is 24.3 Å². The highest BCUT2D eigenvalue weighted by Gasteiger charge is 2.26. The fourth-order valence-corrected chi connectivity index (χ4v) is 1.61. The zero-order chi connectivity index (χ0) is 13.8. The van der Waals surface area contributed by atoms with E-state index in [4.69, 9.17) is 17.3 Å². The smallest absolute Gasteiger partial charge is 0.237 e. The molecule has 0 saturated heterocycles. The maximum Gasteiger partial charge on any atom is 0.237 e. The van der Waals surface area contributed by atoms with Crippen molar-refractivity contribution in [2.45, 2.75) is 33.2 Å². The molecule has 0 heterocycles. The Morgan fingerprint density at radius 3 is 2.39 bits per heavy atom. The van der Waals surface area contributed by atoms with E-state index in [1.54, 1.807) is 0 Å². The molecule has 1 amide bonds. The summed E-state index contributed by atoms with van der Waals surface area (Å²) in [6.07, 6.45) is 0.778. The molecule has 0 aliphatic carbocycles. The van der Waals surface area contributed by atoms with Gasteiger partial charge in [-0.2, -0.15) is 0 Å². The van der Waals surface area contributed by atoms with Crippen LogP contribution >= 0.6 is 11.6 Å². The van der Waals surface area contributed by atoms with Gasteiger partial charge in [-0.3, -0.25) is 4.79 Å². The zero-order valence-electron chi connectivity index (χ0n) is 11.2. The van der Waals surface area contributed by atoms with Gasteiger partial charge in [-0.05, 0) is 29.5 Å². The number of nitrogens with two attached hydrogens (primary N) is 1. The Hall–Kier alpha value is -1.06. The van der Waals surface area contributed by atoms with Crippen molar-refractivity contribution >= 4 is 17.5 Å². The molecule has 1 atom stereocenters. The number of rotatable bonds is 4. The van der Waals surface area contributed by atoms with Gasteiger partial charge >= 0.3 is 0 Å². The second-order valence-corrected chi connectivity index (χ2v) is 5.95. The third-order valence-electron chi connectivity index (χ3n) is 2.84. The lowest BCUT2D eigenvalue weighted by Crippen LogP contribution is -2.48. The van der Waals surface area contributed by atoms with E-state index in [0.717, 1.165) is 17.0 Å². The van der Waals surface area contributed by atoms with Gasteiger partial charge in [0.1, 0.15) is 0 Å². The summed E-state index contributed by atoms with van der Waals surface area (Å²) in [6, 6.07) is 7.12. The van der Waals surface area contributed by atoms with Gasteiger partial charge in [0.05, 0.1) is 6.04 Å². The van der Waals surface area contributed by atoms with Crippen molar-refractivity contribution in [3.8, 4) is 0 Å². The Morgan fingerprint density at radius 2 is 1.89 bits per heavy atom. The average Bonchev–Trinajstić information content (AvgIpc) is 2.29. The highest BCUT2D eigenvalue weighted by Crippen LogP contribution is 2.17. The molecule has 3 nitrogen and oxygen atoms in total. The van der Waals surface area contributed by atoms with Gasteiger partial charge in [0.25, 0.3) is 0 Å². The van der Waals surface area contributed by atoms with Crippen LogP contribution in [-0.4, -0.2) is 18.5 Å². The molecule has 4 heteroatoms. The van der Waals surface area contributed by atoms with Gasteiger partial charge < -0.3 is 11.1 Å². The van der Waals surface area contributed by atoms with Crippen LogP contribution in [0.1, 0.15) is 26.3 Å². The quantitative estimate of drug-likeness (QED) is 0.881. The molecule has 1 unspecified atom stereocenters. The van der Waals surface area contributed by atoms with Crippen LogP contribution in [0.25, 0.3) is 0 Å². The van der Waals surface area contributed by atoms with Gasteiger partial charge in [-0.25, -0.2) is 0 Å². The first-order valence-corrected chi connectivity index (χ1v) is 6.46. The van der Waals surface area contributed by atoms with Gasteiger partial charge in [-0.15, -0.1) is 0 Å². The predicted octanol–water partition coefficient (Wildman–Crippen LogP) is 2.37. The van der Waals surface area contributed by atoms with Crippen molar-refractivity contribution in [2.75, 3.05) is 6.54 Å². The fourth-order valence-electron chi connectivity index (χ4n) is 1.48. The maximum atomic E-state index is 11.8. The third-order valence-corrected chi connectivity index (χ3v) is 3.09. The SMILES string of the molecule is CC(C)(C)C(N)C(=O)NCCc1ccc(Cl)cc1. The average molecular weight is 269 g/mol. The van der Waals surface area contributed by atoms with Gasteiger partial charge in [-0.1, -0.05) is 44.5 Å². The second-order valence-electron chi connectivity index (χ2n) is 5.51. The predicted molar refractivity (Wildman–Crippen MR) is 75.6 cm³/mol. The molecular formula is C14H21ClN2O. The lowest BCUT2D eigenvalue weighted by atomic mass is 9.87. The molecule has 18 heavy (non-hydrogen) atoms. The standard InChI is InChI=1S/C14H21ClN2O/c1-14(2,3)12(16)13(18)17-9-8-10-4-6-11(15)7-5-10/h4-7,12H,8-9,16H2,1-3H3,(H,17,18). The van der Waals surface area contributed by atoms with Crippen molar-refractivity contribution in [2.24, 2.45) is 11.1 Å². The lowest BCUT2D eigenvalue weighted by Gasteiger charge is -2.25. The van der Waals surface area contributed by atoms with E-state index in [1.165, 1.54) is 0 Å². The van der Waals surface area contributed by atoms with Crippen molar-refractivity contribution in [1.82, 2.24) is 5.32 Å². The molecular weight excluding hydrogens is 248 g/mol. The number of hydrogen-bond donors (Lipinski definition) is 2. The Bertz CT molecular complexity index is 395. The molecule has 0 aromatic heterocycles. The first kappa shape index (κ1) is 15.0. The molecule has 1 aromatic carbocycles. The lowest BCUT2D eigenvalue weighted by molar-refractivity contribution is -0.124.